The van der Waals surface area contributed by atoms with Crippen LogP contribution < -0.4 is 10.3 Å². The molecule has 0 atom stereocenters. The van der Waals surface area contributed by atoms with E-state index in [1.165, 1.54) is 10.7 Å². The van der Waals surface area contributed by atoms with Crippen LogP contribution in [0.15, 0.2) is 35.1 Å². The van der Waals surface area contributed by atoms with Gasteiger partial charge in [0.1, 0.15) is 17.4 Å². The molecule has 1 aromatic carbocycles. The van der Waals surface area contributed by atoms with Crippen LogP contribution in [0.2, 0.25) is 0 Å². The zero-order valence-corrected chi connectivity index (χ0v) is 10.8. The molecule has 2 rings (SSSR count). The van der Waals surface area contributed by atoms with Crippen molar-refractivity contribution in [3.8, 4) is 23.1 Å². The molecule has 0 fully saturated rings. The van der Waals surface area contributed by atoms with Gasteiger partial charge in [-0.15, -0.1) is 0 Å². The minimum Gasteiger partial charge on any atom is -0.496 e. The zero-order chi connectivity index (χ0) is 13.8. The lowest BCUT2D eigenvalue weighted by molar-refractivity contribution is 0.416. The van der Waals surface area contributed by atoms with Crippen LogP contribution in [0, 0.1) is 11.3 Å². The van der Waals surface area contributed by atoms with Crippen LogP contribution in [0.4, 0.5) is 0 Å². The van der Waals surface area contributed by atoms with Gasteiger partial charge in [0.05, 0.1) is 12.8 Å². The van der Waals surface area contributed by atoms with E-state index >= 15 is 0 Å². The molecule has 1 heterocycles. The summed E-state index contributed by atoms with van der Waals surface area (Å²) in [5, 5.41) is 13.3. The number of aromatic nitrogens is 2. The van der Waals surface area contributed by atoms with Crippen molar-refractivity contribution in [2.45, 2.75) is 13.5 Å². The number of rotatable bonds is 3. The fourth-order valence-electron chi connectivity index (χ4n) is 1.82. The maximum Gasteiger partial charge on any atom is 0.284 e. The number of hydrogen-bond acceptors (Lipinski definition) is 4. The minimum atomic E-state index is -0.372. The highest BCUT2D eigenvalue weighted by Crippen LogP contribution is 2.27. The minimum absolute atomic E-state index is 0.0813. The van der Waals surface area contributed by atoms with E-state index in [9.17, 15) is 4.79 Å². The Morgan fingerprint density at radius 2 is 2.16 bits per heavy atom. The van der Waals surface area contributed by atoms with Crippen molar-refractivity contribution in [1.82, 2.24) is 9.78 Å². The van der Waals surface area contributed by atoms with Crippen LogP contribution in [0.1, 0.15) is 12.5 Å². The van der Waals surface area contributed by atoms with Crippen molar-refractivity contribution in [2.75, 3.05) is 7.11 Å². The van der Waals surface area contributed by atoms with Crippen LogP contribution in [0.3, 0.4) is 0 Å². The summed E-state index contributed by atoms with van der Waals surface area (Å²) in [6, 6.07) is 10.8. The van der Waals surface area contributed by atoms with Gasteiger partial charge in [-0.25, -0.2) is 4.68 Å². The Kier molecular flexibility index (Phi) is 3.62. The van der Waals surface area contributed by atoms with Crippen LogP contribution in [0.25, 0.3) is 11.3 Å². The van der Waals surface area contributed by atoms with Crippen LogP contribution in [-0.2, 0) is 6.54 Å². The molecule has 0 spiro atoms. The number of benzene rings is 1. The molecule has 0 N–H and O–H groups in total. The SMILES string of the molecule is CCn1nc(-c2ccccc2OC)cc(C#N)c1=O. The van der Waals surface area contributed by atoms with Crippen LogP contribution in [0.5, 0.6) is 5.75 Å². The highest BCUT2D eigenvalue weighted by atomic mass is 16.5. The largest absolute Gasteiger partial charge is 0.496 e. The van der Waals surface area contributed by atoms with E-state index < -0.39 is 0 Å². The second-order valence-corrected chi connectivity index (χ2v) is 3.88. The highest BCUT2D eigenvalue weighted by Gasteiger charge is 2.11. The summed E-state index contributed by atoms with van der Waals surface area (Å²) in [6.07, 6.45) is 0. The predicted octanol–water partition coefficient (Wildman–Crippen LogP) is 1.81. The molecule has 5 heteroatoms. The lowest BCUT2D eigenvalue weighted by Crippen LogP contribution is -2.24. The van der Waals surface area contributed by atoms with Gasteiger partial charge in [-0.05, 0) is 25.1 Å². The monoisotopic (exact) mass is 255 g/mol. The topological polar surface area (TPSA) is 67.9 Å². The molecule has 1 aromatic heterocycles. The molecule has 19 heavy (non-hydrogen) atoms. The van der Waals surface area contributed by atoms with Crippen molar-refractivity contribution in [1.29, 1.82) is 5.26 Å². The first kappa shape index (κ1) is 12.8. The Balaban J connectivity index is 2.70. The standard InChI is InChI=1S/C14H13N3O2/c1-3-17-14(18)10(9-15)8-12(16-17)11-6-4-5-7-13(11)19-2/h4-8H,3H2,1-2H3. The van der Waals surface area contributed by atoms with E-state index in [2.05, 4.69) is 5.10 Å². The molecular formula is C14H13N3O2. The summed E-state index contributed by atoms with van der Waals surface area (Å²) in [5.41, 5.74) is 1.01. The Hall–Kier alpha value is -2.61. The zero-order valence-electron chi connectivity index (χ0n) is 10.8. The van der Waals surface area contributed by atoms with Gasteiger partial charge in [0.15, 0.2) is 0 Å². The van der Waals surface area contributed by atoms with Gasteiger partial charge >= 0.3 is 0 Å². The maximum atomic E-state index is 11.8. The maximum absolute atomic E-state index is 11.8. The van der Waals surface area contributed by atoms with Crippen molar-refractivity contribution < 1.29 is 4.74 Å². The van der Waals surface area contributed by atoms with E-state index in [0.29, 0.717) is 18.0 Å². The second-order valence-electron chi connectivity index (χ2n) is 3.88. The number of nitriles is 1. The number of aryl methyl sites for hydroxylation is 1. The summed E-state index contributed by atoms with van der Waals surface area (Å²) in [5.74, 6) is 0.653. The number of ether oxygens (including phenoxy) is 1. The van der Waals surface area contributed by atoms with E-state index in [0.717, 1.165) is 5.56 Å². The summed E-state index contributed by atoms with van der Waals surface area (Å²) in [7, 11) is 1.57. The molecule has 0 aliphatic heterocycles. The molecule has 0 saturated heterocycles. The Morgan fingerprint density at radius 3 is 2.79 bits per heavy atom. The van der Waals surface area contributed by atoms with Crippen LogP contribution >= 0.6 is 0 Å². The van der Waals surface area contributed by atoms with E-state index in [1.807, 2.05) is 37.3 Å². The Bertz CT molecular complexity index is 699. The fourth-order valence-corrected chi connectivity index (χ4v) is 1.82. The Morgan fingerprint density at radius 1 is 1.42 bits per heavy atom. The first-order valence-electron chi connectivity index (χ1n) is 5.87. The van der Waals surface area contributed by atoms with Crippen molar-refractivity contribution >= 4 is 0 Å². The molecule has 5 nitrogen and oxygen atoms in total. The first-order valence-corrected chi connectivity index (χ1v) is 5.87. The number of hydrogen-bond donors (Lipinski definition) is 0. The van der Waals surface area contributed by atoms with E-state index in [1.54, 1.807) is 7.11 Å². The van der Waals surface area contributed by atoms with Gasteiger partial charge in [-0.2, -0.15) is 10.4 Å². The predicted molar refractivity (Wildman–Crippen MR) is 70.9 cm³/mol. The number of nitrogens with zero attached hydrogens (tertiary/aromatic N) is 3. The quantitative estimate of drug-likeness (QED) is 0.838. The van der Waals surface area contributed by atoms with Gasteiger partial charge in [-0.3, -0.25) is 4.79 Å². The third kappa shape index (κ3) is 2.33. The molecule has 0 bridgehead atoms. The molecule has 0 unspecified atom stereocenters. The van der Waals surface area contributed by atoms with E-state index in [-0.39, 0.29) is 11.1 Å². The normalized spacial score (nSPS) is 9.95. The van der Waals surface area contributed by atoms with Gasteiger partial charge in [0.2, 0.25) is 0 Å². The van der Waals surface area contributed by atoms with Crippen molar-refractivity contribution in [3.05, 3.63) is 46.2 Å². The smallest absolute Gasteiger partial charge is 0.284 e. The average Bonchev–Trinajstić information content (AvgIpc) is 2.47. The molecule has 2 aromatic rings. The fraction of sp³-hybridized carbons (Fsp3) is 0.214. The van der Waals surface area contributed by atoms with Gasteiger partial charge in [0, 0.05) is 12.1 Å². The molecule has 96 valence electrons. The highest BCUT2D eigenvalue weighted by molar-refractivity contribution is 5.67. The molecular weight excluding hydrogens is 242 g/mol. The first-order chi connectivity index (χ1) is 9.21. The van der Waals surface area contributed by atoms with Crippen molar-refractivity contribution in [3.63, 3.8) is 0 Å². The molecule has 0 aliphatic rings. The molecule has 0 saturated carbocycles. The van der Waals surface area contributed by atoms with E-state index in [4.69, 9.17) is 10.00 Å². The second kappa shape index (κ2) is 5.36. The lowest BCUT2D eigenvalue weighted by Gasteiger charge is -2.09. The molecule has 0 amide bonds. The number of methoxy groups -OCH3 is 1. The summed E-state index contributed by atoms with van der Waals surface area (Å²) >= 11 is 0. The Labute approximate surface area is 110 Å². The molecule has 0 radical (unpaired) electrons. The third-order valence-corrected chi connectivity index (χ3v) is 2.78. The summed E-state index contributed by atoms with van der Waals surface area (Å²) < 4.78 is 6.54. The van der Waals surface area contributed by atoms with Gasteiger partial charge < -0.3 is 4.74 Å². The third-order valence-electron chi connectivity index (χ3n) is 2.78. The summed E-state index contributed by atoms with van der Waals surface area (Å²) in [4.78, 5) is 11.8. The average molecular weight is 255 g/mol. The van der Waals surface area contributed by atoms with Gasteiger partial charge in [-0.1, -0.05) is 12.1 Å². The lowest BCUT2D eigenvalue weighted by atomic mass is 10.1. The van der Waals surface area contributed by atoms with Crippen molar-refractivity contribution in [2.24, 2.45) is 0 Å². The number of para-hydroxylation sites is 1. The van der Waals surface area contributed by atoms with Gasteiger partial charge in [0.25, 0.3) is 5.56 Å². The summed E-state index contributed by atoms with van der Waals surface area (Å²) in [6.45, 7) is 2.22. The van der Waals surface area contributed by atoms with Crippen LogP contribution in [-0.4, -0.2) is 16.9 Å². The molecule has 0 aliphatic carbocycles.